The average Bonchev–Trinajstić information content (AvgIpc) is 2.63. The lowest BCUT2D eigenvalue weighted by atomic mass is 9.79. The van der Waals surface area contributed by atoms with Crippen molar-refractivity contribution in [3.05, 3.63) is 0 Å². The number of hydrogen-bond acceptors (Lipinski definition) is 3. The fraction of sp³-hybridized carbons (Fsp3) is 0.867. The normalized spacial score (nSPS) is 18.4. The van der Waals surface area contributed by atoms with Crippen LogP contribution in [0, 0.1) is 5.41 Å². The smallest absolute Gasteiger partial charge is 0.227 e. The molecule has 0 aromatic heterocycles. The number of nitrogens with two attached hydrogens (primary N) is 1. The molecule has 2 amide bonds. The highest BCUT2D eigenvalue weighted by molar-refractivity contribution is 5.83. The molecule has 0 aromatic carbocycles. The van der Waals surface area contributed by atoms with Crippen LogP contribution in [-0.2, 0) is 9.59 Å². The summed E-state index contributed by atoms with van der Waals surface area (Å²) in [5, 5.41) is 5.71. The molecule has 116 valence electrons. The maximum atomic E-state index is 12.4. The van der Waals surface area contributed by atoms with Crippen molar-refractivity contribution in [3.8, 4) is 0 Å². The third kappa shape index (κ3) is 5.12. The van der Waals surface area contributed by atoms with Crippen LogP contribution in [0.15, 0.2) is 0 Å². The number of rotatable bonds is 6. The van der Waals surface area contributed by atoms with Gasteiger partial charge in [0.15, 0.2) is 0 Å². The Hall–Kier alpha value is -1.10. The molecule has 0 radical (unpaired) electrons. The second-order valence-electron chi connectivity index (χ2n) is 6.13. The number of hydrogen-bond donors (Lipinski definition) is 3. The minimum atomic E-state index is -0.412. The summed E-state index contributed by atoms with van der Waals surface area (Å²) in [6.07, 6.45) is 6.57. The molecule has 0 unspecified atom stereocenters. The van der Waals surface area contributed by atoms with E-state index in [4.69, 9.17) is 5.73 Å². The lowest BCUT2D eigenvalue weighted by Crippen LogP contribution is -2.46. The first-order valence-electron chi connectivity index (χ1n) is 7.78. The highest BCUT2D eigenvalue weighted by atomic mass is 16.2. The zero-order valence-electron chi connectivity index (χ0n) is 12.8. The van der Waals surface area contributed by atoms with Gasteiger partial charge >= 0.3 is 0 Å². The van der Waals surface area contributed by atoms with Crippen LogP contribution < -0.4 is 16.4 Å². The molecule has 5 heteroatoms. The third-order valence-electron chi connectivity index (χ3n) is 4.02. The van der Waals surface area contributed by atoms with Crippen LogP contribution in [0.3, 0.4) is 0 Å². The van der Waals surface area contributed by atoms with E-state index in [0.717, 1.165) is 25.7 Å². The largest absolute Gasteiger partial charge is 0.355 e. The minimum absolute atomic E-state index is 0.0250. The van der Waals surface area contributed by atoms with E-state index in [2.05, 4.69) is 10.6 Å². The number of amides is 2. The van der Waals surface area contributed by atoms with E-state index >= 15 is 0 Å². The van der Waals surface area contributed by atoms with E-state index in [9.17, 15) is 9.59 Å². The minimum Gasteiger partial charge on any atom is -0.355 e. The van der Waals surface area contributed by atoms with Crippen LogP contribution in [0.4, 0.5) is 0 Å². The predicted molar refractivity (Wildman–Crippen MR) is 80.1 cm³/mol. The first kappa shape index (κ1) is 17.0. The molecule has 0 spiro atoms. The average molecular weight is 283 g/mol. The molecule has 5 nitrogen and oxygen atoms in total. The van der Waals surface area contributed by atoms with Gasteiger partial charge in [0.2, 0.25) is 11.8 Å². The number of nitrogens with one attached hydrogen (secondary N) is 2. The van der Waals surface area contributed by atoms with E-state index in [1.54, 1.807) is 0 Å². The molecule has 0 aliphatic heterocycles. The van der Waals surface area contributed by atoms with Crippen molar-refractivity contribution in [1.82, 2.24) is 10.6 Å². The molecule has 1 aliphatic rings. The van der Waals surface area contributed by atoms with Crippen LogP contribution in [-0.4, -0.2) is 30.9 Å². The highest BCUT2D eigenvalue weighted by Crippen LogP contribution is 2.34. The van der Waals surface area contributed by atoms with Gasteiger partial charge in [0.05, 0.1) is 5.41 Å². The van der Waals surface area contributed by atoms with Gasteiger partial charge in [-0.05, 0) is 26.7 Å². The van der Waals surface area contributed by atoms with Gasteiger partial charge in [-0.3, -0.25) is 9.59 Å². The summed E-state index contributed by atoms with van der Waals surface area (Å²) in [6, 6.07) is 0.135. The van der Waals surface area contributed by atoms with E-state index in [1.807, 2.05) is 13.8 Å². The molecule has 1 aliphatic carbocycles. The zero-order chi connectivity index (χ0) is 15.0. The van der Waals surface area contributed by atoms with Gasteiger partial charge in [-0.25, -0.2) is 0 Å². The van der Waals surface area contributed by atoms with Gasteiger partial charge in [-0.15, -0.1) is 0 Å². The van der Waals surface area contributed by atoms with Gasteiger partial charge < -0.3 is 16.4 Å². The Kier molecular flexibility index (Phi) is 6.99. The molecule has 0 aromatic rings. The Morgan fingerprint density at radius 2 is 1.75 bits per heavy atom. The van der Waals surface area contributed by atoms with Crippen molar-refractivity contribution in [1.29, 1.82) is 0 Å². The van der Waals surface area contributed by atoms with Crippen LogP contribution in [0.1, 0.15) is 58.8 Å². The second kappa shape index (κ2) is 8.25. The second-order valence-corrected chi connectivity index (χ2v) is 6.13. The Bertz CT molecular complexity index is 321. The molecule has 1 rings (SSSR count). The van der Waals surface area contributed by atoms with Crippen LogP contribution in [0.5, 0.6) is 0 Å². The lowest BCUT2D eigenvalue weighted by molar-refractivity contribution is -0.131. The molecule has 0 atom stereocenters. The third-order valence-corrected chi connectivity index (χ3v) is 4.02. The van der Waals surface area contributed by atoms with Crippen molar-refractivity contribution >= 4 is 11.8 Å². The summed E-state index contributed by atoms with van der Waals surface area (Å²) in [5.41, 5.74) is 5.45. The van der Waals surface area contributed by atoms with Gasteiger partial charge in [0.1, 0.15) is 0 Å². The summed E-state index contributed by atoms with van der Waals surface area (Å²) < 4.78 is 0. The molecular weight excluding hydrogens is 254 g/mol. The lowest BCUT2D eigenvalue weighted by Gasteiger charge is -2.29. The van der Waals surface area contributed by atoms with Crippen molar-refractivity contribution in [2.45, 2.75) is 64.8 Å². The van der Waals surface area contributed by atoms with Crippen LogP contribution >= 0.6 is 0 Å². The Labute approximate surface area is 122 Å². The Morgan fingerprint density at radius 3 is 2.25 bits per heavy atom. The summed E-state index contributed by atoms with van der Waals surface area (Å²) in [6.45, 7) is 4.63. The topological polar surface area (TPSA) is 84.2 Å². The molecule has 0 saturated heterocycles. The molecule has 0 heterocycles. The Balaban J connectivity index is 2.41. The Morgan fingerprint density at radius 1 is 1.15 bits per heavy atom. The van der Waals surface area contributed by atoms with Gasteiger partial charge in [0.25, 0.3) is 0 Å². The van der Waals surface area contributed by atoms with Crippen molar-refractivity contribution in [2.24, 2.45) is 11.1 Å². The van der Waals surface area contributed by atoms with E-state index in [-0.39, 0.29) is 17.9 Å². The maximum Gasteiger partial charge on any atom is 0.227 e. The summed E-state index contributed by atoms with van der Waals surface area (Å²) >= 11 is 0. The first-order chi connectivity index (χ1) is 9.50. The quantitative estimate of drug-likeness (QED) is 0.643. The summed E-state index contributed by atoms with van der Waals surface area (Å²) in [7, 11) is 0. The van der Waals surface area contributed by atoms with Crippen molar-refractivity contribution < 1.29 is 9.59 Å². The van der Waals surface area contributed by atoms with E-state index < -0.39 is 5.41 Å². The van der Waals surface area contributed by atoms with Gasteiger partial charge in [-0.2, -0.15) is 0 Å². The molecule has 20 heavy (non-hydrogen) atoms. The van der Waals surface area contributed by atoms with E-state index in [0.29, 0.717) is 19.5 Å². The van der Waals surface area contributed by atoms with Gasteiger partial charge in [0, 0.05) is 25.6 Å². The predicted octanol–water partition coefficient (Wildman–Crippen LogP) is 1.32. The summed E-state index contributed by atoms with van der Waals surface area (Å²) in [5.74, 6) is 0.00205. The first-order valence-corrected chi connectivity index (χ1v) is 7.78. The van der Waals surface area contributed by atoms with Crippen molar-refractivity contribution in [3.63, 3.8) is 0 Å². The molecule has 1 fully saturated rings. The van der Waals surface area contributed by atoms with Gasteiger partial charge in [-0.1, -0.05) is 25.7 Å². The van der Waals surface area contributed by atoms with Crippen LogP contribution in [0.25, 0.3) is 0 Å². The molecule has 0 bridgehead atoms. The summed E-state index contributed by atoms with van der Waals surface area (Å²) in [4.78, 5) is 23.9. The maximum absolute atomic E-state index is 12.4. The van der Waals surface area contributed by atoms with Crippen molar-refractivity contribution in [2.75, 3.05) is 13.1 Å². The highest BCUT2D eigenvalue weighted by Gasteiger charge is 2.36. The standard InChI is InChI=1S/C15H29N3O2/c1-12(2)18-13(19)7-10-17-14(20)15(11-16)8-5-3-4-6-9-15/h12H,3-11,16H2,1-2H3,(H,17,20)(H,18,19). The fourth-order valence-corrected chi connectivity index (χ4v) is 2.80. The molecule has 1 saturated carbocycles. The SMILES string of the molecule is CC(C)NC(=O)CCNC(=O)C1(CN)CCCCCC1. The molecule has 4 N–H and O–H groups in total. The monoisotopic (exact) mass is 283 g/mol. The van der Waals surface area contributed by atoms with Crippen LogP contribution in [0.2, 0.25) is 0 Å². The fourth-order valence-electron chi connectivity index (χ4n) is 2.80. The molecular formula is C15H29N3O2. The van der Waals surface area contributed by atoms with E-state index in [1.165, 1.54) is 12.8 Å². The zero-order valence-corrected chi connectivity index (χ0v) is 12.8. The number of carbonyl (C=O) groups is 2. The number of carbonyl (C=O) groups excluding carboxylic acids is 2.